The highest BCUT2D eigenvalue weighted by molar-refractivity contribution is 5.29. The number of hydrogen-bond acceptors (Lipinski definition) is 1. The van der Waals surface area contributed by atoms with E-state index in [2.05, 4.69) is 50.0 Å². The maximum Gasteiger partial charge on any atom is 0.0337 e. The van der Waals surface area contributed by atoms with Crippen LogP contribution in [0, 0.1) is 5.41 Å². The van der Waals surface area contributed by atoms with Crippen molar-refractivity contribution in [1.82, 2.24) is 9.88 Å². The van der Waals surface area contributed by atoms with Gasteiger partial charge in [0, 0.05) is 25.0 Å². The maximum atomic E-state index is 3.65. The van der Waals surface area contributed by atoms with E-state index in [-0.39, 0.29) is 0 Å². The summed E-state index contributed by atoms with van der Waals surface area (Å²) < 4.78 is 2.42. The van der Waals surface area contributed by atoms with E-state index in [0.29, 0.717) is 11.5 Å². The molecule has 19 heavy (non-hydrogen) atoms. The third kappa shape index (κ3) is 4.10. The van der Waals surface area contributed by atoms with Crippen LogP contribution in [0.2, 0.25) is 0 Å². The van der Waals surface area contributed by atoms with Crippen LogP contribution in [0.25, 0.3) is 0 Å². The van der Waals surface area contributed by atoms with E-state index in [1.165, 1.54) is 32.1 Å². The zero-order valence-corrected chi connectivity index (χ0v) is 13.1. The molecular formula is C17H30N2. The Bertz CT molecular complexity index is 398. The molecule has 1 aromatic heterocycles. The van der Waals surface area contributed by atoms with E-state index >= 15 is 0 Å². The molecule has 1 heterocycles. The molecule has 1 N–H and O–H groups in total. The Kier molecular flexibility index (Phi) is 4.72. The first kappa shape index (κ1) is 14.6. The summed E-state index contributed by atoms with van der Waals surface area (Å²) in [4.78, 5) is 0. The van der Waals surface area contributed by atoms with Crippen molar-refractivity contribution in [3.63, 3.8) is 0 Å². The summed E-state index contributed by atoms with van der Waals surface area (Å²) in [5.74, 6) is 0. The highest BCUT2D eigenvalue weighted by atomic mass is 15.0. The average Bonchev–Trinajstić information content (AvgIpc) is 2.65. The van der Waals surface area contributed by atoms with Crippen LogP contribution in [-0.4, -0.2) is 11.1 Å². The van der Waals surface area contributed by atoms with Gasteiger partial charge in [0.25, 0.3) is 0 Å². The SMILES string of the molecule is CCNC1CCCCc2cn(CCC(C)(C)C)cc21. The molecule has 0 radical (unpaired) electrons. The fourth-order valence-corrected chi connectivity index (χ4v) is 2.97. The number of nitrogens with one attached hydrogen (secondary N) is 1. The van der Waals surface area contributed by atoms with Crippen molar-refractivity contribution in [3.8, 4) is 0 Å². The number of nitrogens with zero attached hydrogens (tertiary/aromatic N) is 1. The molecule has 0 saturated heterocycles. The van der Waals surface area contributed by atoms with E-state index in [1.54, 1.807) is 11.1 Å². The lowest BCUT2D eigenvalue weighted by Gasteiger charge is -2.18. The molecule has 2 heteroatoms. The first-order valence-corrected chi connectivity index (χ1v) is 7.91. The quantitative estimate of drug-likeness (QED) is 0.800. The summed E-state index contributed by atoms with van der Waals surface area (Å²) in [6, 6.07) is 0.582. The lowest BCUT2D eigenvalue weighted by Crippen LogP contribution is -2.20. The first-order valence-electron chi connectivity index (χ1n) is 7.91. The van der Waals surface area contributed by atoms with E-state index in [4.69, 9.17) is 0 Å². The second kappa shape index (κ2) is 6.13. The van der Waals surface area contributed by atoms with Crippen LogP contribution in [0.15, 0.2) is 12.4 Å². The fourth-order valence-electron chi connectivity index (χ4n) is 2.97. The largest absolute Gasteiger partial charge is 0.354 e. The molecule has 0 aromatic carbocycles. The van der Waals surface area contributed by atoms with Gasteiger partial charge in [0.2, 0.25) is 0 Å². The summed E-state index contributed by atoms with van der Waals surface area (Å²) in [5.41, 5.74) is 3.56. The van der Waals surface area contributed by atoms with Gasteiger partial charge in [0.15, 0.2) is 0 Å². The van der Waals surface area contributed by atoms with E-state index in [9.17, 15) is 0 Å². The lowest BCUT2D eigenvalue weighted by molar-refractivity contribution is 0.350. The smallest absolute Gasteiger partial charge is 0.0337 e. The first-order chi connectivity index (χ1) is 8.99. The third-order valence-electron chi connectivity index (χ3n) is 4.13. The van der Waals surface area contributed by atoms with Gasteiger partial charge in [-0.15, -0.1) is 0 Å². The van der Waals surface area contributed by atoms with E-state index in [0.717, 1.165) is 13.1 Å². The summed E-state index contributed by atoms with van der Waals surface area (Å²) in [5, 5.41) is 3.65. The lowest BCUT2D eigenvalue weighted by atomic mass is 9.92. The highest BCUT2D eigenvalue weighted by Gasteiger charge is 2.20. The van der Waals surface area contributed by atoms with Crippen LogP contribution < -0.4 is 5.32 Å². The molecular weight excluding hydrogens is 232 g/mol. The second-order valence-electron chi connectivity index (χ2n) is 7.14. The minimum Gasteiger partial charge on any atom is -0.354 e. The Morgan fingerprint density at radius 1 is 1.26 bits per heavy atom. The van der Waals surface area contributed by atoms with Crippen molar-refractivity contribution in [2.75, 3.05) is 6.54 Å². The zero-order valence-electron chi connectivity index (χ0n) is 13.1. The number of aryl methyl sites for hydroxylation is 2. The van der Waals surface area contributed by atoms with Crippen LogP contribution in [0.1, 0.15) is 70.5 Å². The topological polar surface area (TPSA) is 17.0 Å². The average molecular weight is 262 g/mol. The molecule has 0 amide bonds. The van der Waals surface area contributed by atoms with Crippen molar-refractivity contribution in [3.05, 3.63) is 23.5 Å². The molecule has 0 saturated carbocycles. The molecule has 1 unspecified atom stereocenters. The van der Waals surface area contributed by atoms with E-state index in [1.807, 2.05) is 0 Å². The molecule has 0 aliphatic heterocycles. The van der Waals surface area contributed by atoms with Gasteiger partial charge >= 0.3 is 0 Å². The van der Waals surface area contributed by atoms with Crippen molar-refractivity contribution in [1.29, 1.82) is 0 Å². The summed E-state index contributed by atoms with van der Waals surface area (Å²) in [6.07, 6.45) is 11.3. The Hall–Kier alpha value is -0.760. The van der Waals surface area contributed by atoms with Crippen LogP contribution >= 0.6 is 0 Å². The van der Waals surface area contributed by atoms with Gasteiger partial charge in [-0.3, -0.25) is 0 Å². The van der Waals surface area contributed by atoms with Crippen LogP contribution in [0.4, 0.5) is 0 Å². The predicted molar refractivity (Wildman–Crippen MR) is 82.5 cm³/mol. The summed E-state index contributed by atoms with van der Waals surface area (Å²) in [7, 11) is 0. The Balaban J connectivity index is 2.11. The monoisotopic (exact) mass is 262 g/mol. The fraction of sp³-hybridized carbons (Fsp3) is 0.765. The minimum absolute atomic E-state index is 0.419. The van der Waals surface area contributed by atoms with Gasteiger partial charge in [0.05, 0.1) is 0 Å². The predicted octanol–water partition coefficient (Wildman–Crippen LogP) is 4.30. The van der Waals surface area contributed by atoms with Gasteiger partial charge in [-0.25, -0.2) is 0 Å². The van der Waals surface area contributed by atoms with Crippen LogP contribution in [0.3, 0.4) is 0 Å². The molecule has 1 aromatic rings. The molecule has 1 aliphatic rings. The Labute approximate surface area is 118 Å². The molecule has 0 spiro atoms. The standard InChI is InChI=1S/C17H30N2/c1-5-18-16-9-7-6-8-14-12-19(13-15(14)16)11-10-17(2,3)4/h12-13,16,18H,5-11H2,1-4H3. The van der Waals surface area contributed by atoms with Crippen LogP contribution in [-0.2, 0) is 13.0 Å². The molecule has 2 nitrogen and oxygen atoms in total. The van der Waals surface area contributed by atoms with Crippen molar-refractivity contribution < 1.29 is 0 Å². The van der Waals surface area contributed by atoms with Gasteiger partial charge in [-0.1, -0.05) is 34.1 Å². The van der Waals surface area contributed by atoms with Crippen molar-refractivity contribution in [2.24, 2.45) is 5.41 Å². The normalized spacial score (nSPS) is 20.1. The van der Waals surface area contributed by atoms with Crippen LogP contribution in [0.5, 0.6) is 0 Å². The molecule has 1 aliphatic carbocycles. The van der Waals surface area contributed by atoms with Crippen molar-refractivity contribution >= 4 is 0 Å². The number of rotatable bonds is 4. The van der Waals surface area contributed by atoms with E-state index < -0.39 is 0 Å². The van der Waals surface area contributed by atoms with Crippen molar-refractivity contribution in [2.45, 2.75) is 72.4 Å². The summed E-state index contributed by atoms with van der Waals surface area (Å²) in [6.45, 7) is 11.4. The molecule has 108 valence electrons. The van der Waals surface area contributed by atoms with Gasteiger partial charge in [-0.2, -0.15) is 0 Å². The molecule has 1 atom stereocenters. The Morgan fingerprint density at radius 2 is 2.05 bits per heavy atom. The number of aromatic nitrogens is 1. The molecule has 0 fully saturated rings. The summed E-state index contributed by atoms with van der Waals surface area (Å²) >= 11 is 0. The Morgan fingerprint density at radius 3 is 2.74 bits per heavy atom. The molecule has 0 bridgehead atoms. The molecule has 2 rings (SSSR count). The minimum atomic E-state index is 0.419. The third-order valence-corrected chi connectivity index (χ3v) is 4.13. The van der Waals surface area contributed by atoms with Gasteiger partial charge in [-0.05, 0) is 48.8 Å². The highest BCUT2D eigenvalue weighted by Crippen LogP contribution is 2.30. The second-order valence-corrected chi connectivity index (χ2v) is 7.14. The maximum absolute atomic E-state index is 3.65. The number of hydrogen-bond donors (Lipinski definition) is 1. The zero-order chi connectivity index (χ0) is 13.9. The van der Waals surface area contributed by atoms with Gasteiger partial charge < -0.3 is 9.88 Å². The number of fused-ring (bicyclic) bond motifs is 1. The van der Waals surface area contributed by atoms with Gasteiger partial charge in [0.1, 0.15) is 0 Å².